The van der Waals surface area contributed by atoms with Crippen LogP contribution in [0.2, 0.25) is 0 Å². The number of anilines is 1. The van der Waals surface area contributed by atoms with Gasteiger partial charge in [-0.25, -0.2) is 0 Å². The minimum atomic E-state index is 0.0932. The second-order valence-electron chi connectivity index (χ2n) is 7.11. The van der Waals surface area contributed by atoms with E-state index in [9.17, 15) is 4.79 Å². The number of fused-ring (bicyclic) bond motifs is 1. The van der Waals surface area contributed by atoms with Crippen LogP contribution in [0.3, 0.4) is 0 Å². The van der Waals surface area contributed by atoms with Crippen LogP contribution in [0.1, 0.15) is 31.7 Å². The summed E-state index contributed by atoms with van der Waals surface area (Å²) in [5.41, 5.74) is 2.30. The van der Waals surface area contributed by atoms with Gasteiger partial charge in [-0.1, -0.05) is 25.1 Å². The molecule has 1 amide bonds. The molecule has 6 heteroatoms. The number of rotatable bonds is 5. The molecular weight excluding hydrogens is 326 g/mol. The summed E-state index contributed by atoms with van der Waals surface area (Å²) in [6, 6.07) is 8.57. The lowest BCUT2D eigenvalue weighted by Gasteiger charge is -2.32. The predicted octanol–water partition coefficient (Wildman–Crippen LogP) is 1.62. The molecule has 142 valence electrons. The van der Waals surface area contributed by atoms with Gasteiger partial charge < -0.3 is 20.4 Å². The molecule has 0 radical (unpaired) electrons. The lowest BCUT2D eigenvalue weighted by atomic mass is 10.1. The first-order valence-electron chi connectivity index (χ1n) is 9.79. The summed E-state index contributed by atoms with van der Waals surface area (Å²) < 4.78 is 0. The zero-order valence-corrected chi connectivity index (χ0v) is 16.0. The van der Waals surface area contributed by atoms with Crippen LogP contribution in [0, 0.1) is 0 Å². The number of carbonyl (C=O) groups is 1. The molecule has 2 N–H and O–H groups in total. The molecule has 2 aliphatic heterocycles. The van der Waals surface area contributed by atoms with E-state index in [-0.39, 0.29) is 12.5 Å². The van der Waals surface area contributed by atoms with E-state index < -0.39 is 0 Å². The van der Waals surface area contributed by atoms with Gasteiger partial charge in [-0.05, 0) is 43.9 Å². The molecule has 0 spiro atoms. The fourth-order valence-corrected chi connectivity index (χ4v) is 3.86. The summed E-state index contributed by atoms with van der Waals surface area (Å²) >= 11 is 0. The zero-order valence-electron chi connectivity index (χ0n) is 16.0. The van der Waals surface area contributed by atoms with Crippen LogP contribution in [0.15, 0.2) is 29.3 Å². The third kappa shape index (κ3) is 4.55. The van der Waals surface area contributed by atoms with E-state index in [1.165, 1.54) is 18.5 Å². The predicted molar refractivity (Wildman–Crippen MR) is 107 cm³/mol. The second kappa shape index (κ2) is 9.03. The largest absolute Gasteiger partial charge is 0.354 e. The number of guanidine groups is 1. The van der Waals surface area contributed by atoms with Gasteiger partial charge in [0.2, 0.25) is 5.91 Å². The Morgan fingerprint density at radius 1 is 1.23 bits per heavy atom. The monoisotopic (exact) mass is 357 g/mol. The van der Waals surface area contributed by atoms with Gasteiger partial charge in [-0.15, -0.1) is 0 Å². The van der Waals surface area contributed by atoms with Crippen molar-refractivity contribution in [2.75, 3.05) is 44.7 Å². The molecular formula is C20H31N5O. The molecule has 3 rings (SSSR count). The number of hydrogen-bond acceptors (Lipinski definition) is 3. The first kappa shape index (κ1) is 18.7. The summed E-state index contributed by atoms with van der Waals surface area (Å²) in [4.78, 5) is 21.3. The summed E-state index contributed by atoms with van der Waals surface area (Å²) in [5.74, 6) is 0.815. The number of hydrogen-bond donors (Lipinski definition) is 2. The van der Waals surface area contributed by atoms with Crippen molar-refractivity contribution >= 4 is 17.6 Å². The van der Waals surface area contributed by atoms with Crippen LogP contribution in [0.5, 0.6) is 0 Å². The molecule has 0 aromatic heterocycles. The fraction of sp³-hybridized carbons (Fsp3) is 0.600. The molecule has 6 nitrogen and oxygen atoms in total. The lowest BCUT2D eigenvalue weighted by molar-refractivity contribution is -0.117. The maximum atomic E-state index is 12.6. The quantitative estimate of drug-likeness (QED) is 0.621. The lowest BCUT2D eigenvalue weighted by Crippen LogP contribution is -2.50. The van der Waals surface area contributed by atoms with E-state index >= 15 is 0 Å². The second-order valence-corrected chi connectivity index (χ2v) is 7.11. The molecule has 2 heterocycles. The SMILES string of the molecule is CCCN1CCC(NC(=NC)NCC(=O)N2CCc3ccccc32)CC1. The van der Waals surface area contributed by atoms with Crippen LogP contribution in [0.4, 0.5) is 5.69 Å². The van der Waals surface area contributed by atoms with Gasteiger partial charge in [0, 0.05) is 38.4 Å². The van der Waals surface area contributed by atoms with E-state index in [0.717, 1.165) is 50.5 Å². The van der Waals surface area contributed by atoms with Gasteiger partial charge in [-0.3, -0.25) is 9.79 Å². The maximum Gasteiger partial charge on any atom is 0.246 e. The summed E-state index contributed by atoms with van der Waals surface area (Å²) in [6.07, 6.45) is 4.39. The highest BCUT2D eigenvalue weighted by Gasteiger charge is 2.24. The van der Waals surface area contributed by atoms with Gasteiger partial charge in [0.15, 0.2) is 5.96 Å². The van der Waals surface area contributed by atoms with Crippen LogP contribution < -0.4 is 15.5 Å². The Balaban J connectivity index is 1.45. The standard InChI is InChI=1S/C20H31N5O/c1-3-11-24-12-9-17(10-13-24)23-20(21-2)22-15-19(26)25-14-8-16-6-4-5-7-18(16)25/h4-7,17H,3,8-15H2,1-2H3,(H2,21,22,23). The van der Waals surface area contributed by atoms with Crippen molar-refractivity contribution in [3.63, 3.8) is 0 Å². The van der Waals surface area contributed by atoms with Gasteiger partial charge in [0.25, 0.3) is 0 Å². The number of piperidine rings is 1. The van der Waals surface area contributed by atoms with Gasteiger partial charge in [-0.2, -0.15) is 0 Å². The van der Waals surface area contributed by atoms with Crippen molar-refractivity contribution in [2.45, 2.75) is 38.6 Å². The van der Waals surface area contributed by atoms with Crippen molar-refractivity contribution < 1.29 is 4.79 Å². The highest BCUT2D eigenvalue weighted by atomic mass is 16.2. The number of amides is 1. The molecule has 0 saturated carbocycles. The van der Waals surface area contributed by atoms with Crippen LogP contribution in [-0.4, -0.2) is 62.6 Å². The van der Waals surface area contributed by atoms with E-state index in [2.05, 4.69) is 33.5 Å². The molecule has 1 aromatic rings. The van der Waals surface area contributed by atoms with E-state index in [1.54, 1.807) is 7.05 Å². The Morgan fingerprint density at radius 3 is 2.73 bits per heavy atom. The number of carbonyl (C=O) groups excluding carboxylic acids is 1. The molecule has 0 atom stereocenters. The summed E-state index contributed by atoms with van der Waals surface area (Å²) in [6.45, 7) is 6.71. The van der Waals surface area contributed by atoms with Crippen molar-refractivity contribution in [2.24, 2.45) is 4.99 Å². The fourth-order valence-electron chi connectivity index (χ4n) is 3.86. The number of para-hydroxylation sites is 1. The molecule has 1 fully saturated rings. The molecule has 2 aliphatic rings. The molecule has 0 bridgehead atoms. The summed E-state index contributed by atoms with van der Waals surface area (Å²) in [7, 11) is 1.76. The van der Waals surface area contributed by atoms with Crippen molar-refractivity contribution in [3.05, 3.63) is 29.8 Å². The average Bonchev–Trinajstić information content (AvgIpc) is 3.10. The van der Waals surface area contributed by atoms with E-state index in [0.29, 0.717) is 6.04 Å². The molecule has 1 saturated heterocycles. The van der Waals surface area contributed by atoms with Crippen LogP contribution >= 0.6 is 0 Å². The number of likely N-dealkylation sites (tertiary alicyclic amines) is 1. The number of benzene rings is 1. The topological polar surface area (TPSA) is 60.0 Å². The Bertz CT molecular complexity index is 637. The smallest absolute Gasteiger partial charge is 0.246 e. The molecule has 1 aromatic carbocycles. The maximum absolute atomic E-state index is 12.6. The molecule has 0 aliphatic carbocycles. The normalized spacial score (nSPS) is 18.7. The molecule has 0 unspecified atom stereocenters. The van der Waals surface area contributed by atoms with Crippen molar-refractivity contribution in [3.8, 4) is 0 Å². The minimum Gasteiger partial charge on any atom is -0.354 e. The highest BCUT2D eigenvalue weighted by molar-refractivity contribution is 5.98. The van der Waals surface area contributed by atoms with Gasteiger partial charge >= 0.3 is 0 Å². The third-order valence-electron chi connectivity index (χ3n) is 5.29. The van der Waals surface area contributed by atoms with Crippen molar-refractivity contribution in [1.29, 1.82) is 0 Å². The third-order valence-corrected chi connectivity index (χ3v) is 5.29. The van der Waals surface area contributed by atoms with E-state index in [4.69, 9.17) is 0 Å². The first-order valence-corrected chi connectivity index (χ1v) is 9.79. The number of aliphatic imine (C=N–C) groups is 1. The number of nitrogens with zero attached hydrogens (tertiary/aromatic N) is 3. The Labute approximate surface area is 156 Å². The highest BCUT2D eigenvalue weighted by Crippen LogP contribution is 2.27. The first-order chi connectivity index (χ1) is 12.7. The van der Waals surface area contributed by atoms with Gasteiger partial charge in [0.1, 0.15) is 0 Å². The Kier molecular flexibility index (Phi) is 6.50. The number of nitrogens with one attached hydrogen (secondary N) is 2. The Morgan fingerprint density at radius 2 is 2.00 bits per heavy atom. The zero-order chi connectivity index (χ0) is 18.4. The average molecular weight is 358 g/mol. The summed E-state index contributed by atoms with van der Waals surface area (Å²) in [5, 5.41) is 6.67. The van der Waals surface area contributed by atoms with E-state index in [1.807, 2.05) is 23.1 Å². The molecule has 26 heavy (non-hydrogen) atoms. The van der Waals surface area contributed by atoms with Gasteiger partial charge in [0.05, 0.1) is 6.54 Å². The minimum absolute atomic E-state index is 0.0932. The Hall–Kier alpha value is -2.08. The van der Waals surface area contributed by atoms with Crippen LogP contribution in [0.25, 0.3) is 0 Å². The van der Waals surface area contributed by atoms with Crippen molar-refractivity contribution in [1.82, 2.24) is 15.5 Å². The van der Waals surface area contributed by atoms with Crippen LogP contribution in [-0.2, 0) is 11.2 Å².